The van der Waals surface area contributed by atoms with Crippen molar-refractivity contribution in [3.8, 4) is 0 Å². The van der Waals surface area contributed by atoms with Crippen molar-refractivity contribution in [2.45, 2.75) is 51.8 Å². The highest BCUT2D eigenvalue weighted by molar-refractivity contribution is 7.98. The van der Waals surface area contributed by atoms with Gasteiger partial charge in [0.25, 0.3) is 0 Å². The van der Waals surface area contributed by atoms with E-state index in [4.69, 9.17) is 4.42 Å². The first kappa shape index (κ1) is 15.5. The van der Waals surface area contributed by atoms with Crippen LogP contribution in [-0.2, 0) is 6.42 Å². The molecular weight excluding hydrogens is 266 g/mol. The minimum absolute atomic E-state index is 0.210. The van der Waals surface area contributed by atoms with Gasteiger partial charge in [-0.15, -0.1) is 0 Å². The largest absolute Gasteiger partial charge is 0.459 e. The maximum Gasteiger partial charge on any atom is 0.134 e. The van der Waals surface area contributed by atoms with Gasteiger partial charge in [-0.25, -0.2) is 4.31 Å². The highest BCUT2D eigenvalue weighted by Gasteiger charge is 2.25. The number of furan rings is 1. The second-order valence-corrected chi connectivity index (χ2v) is 8.20. The zero-order chi connectivity index (χ0) is 14.9. The van der Waals surface area contributed by atoms with Gasteiger partial charge in [0.1, 0.15) is 11.3 Å². The minimum atomic E-state index is 0.210. The number of nitrogens with zero attached hydrogens (tertiary/aromatic N) is 1. The van der Waals surface area contributed by atoms with E-state index in [0.29, 0.717) is 0 Å². The Hall–Kier alpha value is -0.930. The fourth-order valence-electron chi connectivity index (χ4n) is 2.50. The monoisotopic (exact) mass is 291 g/mol. The van der Waals surface area contributed by atoms with Gasteiger partial charge in [-0.2, -0.15) is 0 Å². The van der Waals surface area contributed by atoms with Crippen molar-refractivity contribution in [1.29, 1.82) is 0 Å². The Labute approximate surface area is 126 Å². The lowest BCUT2D eigenvalue weighted by Gasteiger charge is -2.29. The molecule has 3 heteroatoms. The van der Waals surface area contributed by atoms with Crippen LogP contribution in [0.3, 0.4) is 0 Å². The van der Waals surface area contributed by atoms with E-state index in [-0.39, 0.29) is 10.8 Å². The summed E-state index contributed by atoms with van der Waals surface area (Å²) in [4.78, 5) is 0. The van der Waals surface area contributed by atoms with Crippen molar-refractivity contribution in [1.82, 2.24) is 4.31 Å². The molecule has 0 aliphatic rings. The van der Waals surface area contributed by atoms with Crippen LogP contribution in [0, 0.1) is 0 Å². The summed E-state index contributed by atoms with van der Waals surface area (Å²) in [6, 6.07) is 8.60. The van der Waals surface area contributed by atoms with Gasteiger partial charge < -0.3 is 4.42 Å². The molecule has 0 saturated carbocycles. The molecule has 0 radical (unpaired) electrons. The molecule has 0 fully saturated rings. The first-order chi connectivity index (χ1) is 9.33. The van der Waals surface area contributed by atoms with E-state index in [0.717, 1.165) is 17.8 Å². The van der Waals surface area contributed by atoms with Crippen LogP contribution in [-0.4, -0.2) is 16.1 Å². The molecule has 0 N–H and O–H groups in total. The summed E-state index contributed by atoms with van der Waals surface area (Å²) in [5.74, 6) is 1.10. The number of fused-ring (bicyclic) bond motifs is 1. The third-order valence-corrected chi connectivity index (χ3v) is 4.58. The van der Waals surface area contributed by atoms with Crippen LogP contribution in [0.1, 0.15) is 52.0 Å². The Morgan fingerprint density at radius 3 is 2.50 bits per heavy atom. The highest BCUT2D eigenvalue weighted by Crippen LogP contribution is 2.37. The van der Waals surface area contributed by atoms with Gasteiger partial charge in [-0.1, -0.05) is 37.1 Å². The molecule has 0 aliphatic carbocycles. The van der Waals surface area contributed by atoms with E-state index in [9.17, 15) is 0 Å². The zero-order valence-electron chi connectivity index (χ0n) is 13.4. The lowest BCUT2D eigenvalue weighted by atomic mass is 10.1. The SMILES string of the molecule is CCc1c([C@@H](C)N(C)SC(C)(C)C)oc2ccccc12. The molecule has 0 bridgehead atoms. The predicted octanol–water partition coefficient (Wildman–Crippen LogP) is 5.43. The van der Waals surface area contributed by atoms with Crippen LogP contribution >= 0.6 is 11.9 Å². The average Bonchev–Trinajstić information content (AvgIpc) is 2.74. The molecule has 2 nitrogen and oxygen atoms in total. The van der Waals surface area contributed by atoms with Gasteiger partial charge in [0.2, 0.25) is 0 Å². The summed E-state index contributed by atoms with van der Waals surface area (Å²) >= 11 is 1.86. The lowest BCUT2D eigenvalue weighted by molar-refractivity contribution is 0.371. The fraction of sp³-hybridized carbons (Fsp3) is 0.529. The molecule has 0 saturated heterocycles. The molecular formula is C17H25NOS. The quantitative estimate of drug-likeness (QED) is 0.698. The smallest absolute Gasteiger partial charge is 0.134 e. The number of rotatable bonds is 4. The van der Waals surface area contributed by atoms with Crippen LogP contribution in [0.25, 0.3) is 11.0 Å². The molecule has 20 heavy (non-hydrogen) atoms. The van der Waals surface area contributed by atoms with Crippen molar-refractivity contribution in [2.24, 2.45) is 0 Å². The molecule has 0 amide bonds. The third-order valence-electron chi connectivity index (χ3n) is 3.43. The van der Waals surface area contributed by atoms with Gasteiger partial charge in [0, 0.05) is 15.7 Å². The van der Waals surface area contributed by atoms with Crippen LogP contribution in [0.2, 0.25) is 0 Å². The van der Waals surface area contributed by atoms with E-state index in [1.807, 2.05) is 18.0 Å². The second-order valence-electron chi connectivity index (χ2n) is 6.22. The maximum atomic E-state index is 6.13. The molecule has 0 unspecified atom stereocenters. The number of aryl methyl sites for hydroxylation is 1. The van der Waals surface area contributed by atoms with E-state index >= 15 is 0 Å². The molecule has 2 rings (SSSR count). The lowest BCUT2D eigenvalue weighted by Crippen LogP contribution is -2.22. The Bertz CT molecular complexity index is 582. The normalized spacial score (nSPS) is 14.2. The first-order valence-electron chi connectivity index (χ1n) is 7.25. The summed E-state index contributed by atoms with van der Waals surface area (Å²) in [5, 5.41) is 1.26. The third kappa shape index (κ3) is 3.21. The molecule has 1 aromatic heterocycles. The van der Waals surface area contributed by atoms with Gasteiger partial charge in [-0.05, 0) is 47.2 Å². The molecule has 0 spiro atoms. The van der Waals surface area contributed by atoms with Crippen molar-refractivity contribution >= 4 is 22.9 Å². The van der Waals surface area contributed by atoms with E-state index in [1.54, 1.807) is 0 Å². The molecule has 1 aromatic carbocycles. The summed E-state index contributed by atoms with van der Waals surface area (Å²) in [7, 11) is 2.15. The molecule has 1 atom stereocenters. The van der Waals surface area contributed by atoms with Gasteiger partial charge in [-0.3, -0.25) is 0 Å². The first-order valence-corrected chi connectivity index (χ1v) is 8.03. The van der Waals surface area contributed by atoms with Crippen molar-refractivity contribution in [2.75, 3.05) is 7.05 Å². The summed E-state index contributed by atoms with van der Waals surface area (Å²) in [5.41, 5.74) is 2.34. The molecule has 1 heterocycles. The number of hydrogen-bond donors (Lipinski definition) is 0. The Kier molecular flexibility index (Phi) is 4.50. The van der Waals surface area contributed by atoms with Crippen LogP contribution < -0.4 is 0 Å². The van der Waals surface area contributed by atoms with Crippen LogP contribution in [0.15, 0.2) is 28.7 Å². The van der Waals surface area contributed by atoms with E-state index in [2.05, 4.69) is 64.2 Å². The number of benzene rings is 1. The second kappa shape index (κ2) is 5.82. The Morgan fingerprint density at radius 2 is 1.90 bits per heavy atom. The predicted molar refractivity (Wildman–Crippen MR) is 89.1 cm³/mol. The maximum absolute atomic E-state index is 6.13. The molecule has 2 aromatic rings. The minimum Gasteiger partial charge on any atom is -0.459 e. The highest BCUT2D eigenvalue weighted by atomic mass is 32.2. The summed E-state index contributed by atoms with van der Waals surface area (Å²) in [6.45, 7) is 11.1. The van der Waals surface area contributed by atoms with Crippen molar-refractivity contribution < 1.29 is 4.42 Å². The fourth-order valence-corrected chi connectivity index (χ4v) is 3.61. The van der Waals surface area contributed by atoms with Crippen LogP contribution in [0.4, 0.5) is 0 Å². The molecule has 110 valence electrons. The molecule has 0 aliphatic heterocycles. The van der Waals surface area contributed by atoms with Crippen molar-refractivity contribution in [3.63, 3.8) is 0 Å². The standard InChI is InChI=1S/C17H25NOS/c1-7-13-14-10-8-9-11-15(14)19-16(13)12(2)18(6)20-17(3,4)5/h8-12H,7H2,1-6H3/t12-/m1/s1. The summed E-state index contributed by atoms with van der Waals surface area (Å²) in [6.07, 6.45) is 1.00. The number of hydrogen-bond acceptors (Lipinski definition) is 3. The topological polar surface area (TPSA) is 16.4 Å². The van der Waals surface area contributed by atoms with Crippen molar-refractivity contribution in [3.05, 3.63) is 35.6 Å². The zero-order valence-corrected chi connectivity index (χ0v) is 14.2. The summed E-state index contributed by atoms with van der Waals surface area (Å²) < 4.78 is 8.64. The Morgan fingerprint density at radius 1 is 1.25 bits per heavy atom. The average molecular weight is 291 g/mol. The van der Waals surface area contributed by atoms with Gasteiger partial charge in [0.05, 0.1) is 6.04 Å². The van der Waals surface area contributed by atoms with Gasteiger partial charge in [0.15, 0.2) is 0 Å². The van der Waals surface area contributed by atoms with E-state index < -0.39 is 0 Å². The van der Waals surface area contributed by atoms with E-state index in [1.165, 1.54) is 10.9 Å². The number of para-hydroxylation sites is 1. The van der Waals surface area contributed by atoms with Crippen LogP contribution in [0.5, 0.6) is 0 Å². The van der Waals surface area contributed by atoms with Gasteiger partial charge >= 0.3 is 0 Å². The Balaban J connectivity index is 2.36.